The van der Waals surface area contributed by atoms with Crippen molar-refractivity contribution in [3.63, 3.8) is 0 Å². The van der Waals surface area contributed by atoms with Gasteiger partial charge < -0.3 is 14.8 Å². The number of rotatable bonds is 6. The molecule has 1 saturated heterocycles. The van der Waals surface area contributed by atoms with Crippen molar-refractivity contribution in [2.24, 2.45) is 0 Å². The van der Waals surface area contributed by atoms with Gasteiger partial charge in [0.05, 0.1) is 24.2 Å². The number of ether oxygens (including phenoxy) is 2. The zero-order valence-corrected chi connectivity index (χ0v) is 13.5. The van der Waals surface area contributed by atoms with Crippen molar-refractivity contribution < 1.29 is 18.3 Å². The standard InChI is InChI=1S/C18H20F2N2O2/c1-12-4-5-17(18(7-12)24-11-13-3-2-6-23-13)22-8-14-15(19)9-21-10-16(14)20/h4-5,7,9-10,13,22H,2-3,6,8,11H2,1H3. The maximum absolute atomic E-state index is 13.7. The summed E-state index contributed by atoms with van der Waals surface area (Å²) in [6.45, 7) is 3.22. The molecular formula is C18H20F2N2O2. The van der Waals surface area contributed by atoms with Gasteiger partial charge in [0.25, 0.3) is 0 Å². The summed E-state index contributed by atoms with van der Waals surface area (Å²) in [4.78, 5) is 3.49. The topological polar surface area (TPSA) is 43.4 Å². The van der Waals surface area contributed by atoms with Crippen molar-refractivity contribution in [1.29, 1.82) is 0 Å². The minimum atomic E-state index is -0.670. The highest BCUT2D eigenvalue weighted by Crippen LogP contribution is 2.28. The second-order valence-corrected chi connectivity index (χ2v) is 5.88. The molecule has 6 heteroatoms. The Labute approximate surface area is 139 Å². The molecule has 2 heterocycles. The molecule has 1 aliphatic heterocycles. The molecule has 1 aromatic carbocycles. The average molecular weight is 334 g/mol. The normalized spacial score (nSPS) is 17.0. The first kappa shape index (κ1) is 16.6. The molecule has 4 nitrogen and oxygen atoms in total. The van der Waals surface area contributed by atoms with Gasteiger partial charge in [-0.3, -0.25) is 4.98 Å². The van der Waals surface area contributed by atoms with Crippen molar-refractivity contribution in [3.8, 4) is 5.75 Å². The molecule has 0 spiro atoms. The van der Waals surface area contributed by atoms with Crippen LogP contribution in [0, 0.1) is 18.6 Å². The van der Waals surface area contributed by atoms with Gasteiger partial charge in [0.15, 0.2) is 0 Å². The summed E-state index contributed by atoms with van der Waals surface area (Å²) in [6, 6.07) is 5.66. The fourth-order valence-corrected chi connectivity index (χ4v) is 2.64. The van der Waals surface area contributed by atoms with Gasteiger partial charge in [-0.25, -0.2) is 8.78 Å². The molecule has 1 aromatic heterocycles. The minimum Gasteiger partial charge on any atom is -0.489 e. The fourth-order valence-electron chi connectivity index (χ4n) is 2.64. The summed E-state index contributed by atoms with van der Waals surface area (Å²) in [5, 5.41) is 3.04. The summed E-state index contributed by atoms with van der Waals surface area (Å²) in [6.07, 6.45) is 4.15. The van der Waals surface area contributed by atoms with E-state index in [1.165, 1.54) is 0 Å². The van der Waals surface area contributed by atoms with Crippen LogP contribution in [0.2, 0.25) is 0 Å². The van der Waals surface area contributed by atoms with E-state index >= 15 is 0 Å². The van der Waals surface area contributed by atoms with Crippen LogP contribution >= 0.6 is 0 Å². The van der Waals surface area contributed by atoms with Crippen LogP contribution in [0.25, 0.3) is 0 Å². The molecule has 1 N–H and O–H groups in total. The van der Waals surface area contributed by atoms with Crippen molar-refractivity contribution in [1.82, 2.24) is 4.98 Å². The third-order valence-electron chi connectivity index (χ3n) is 3.99. The highest BCUT2D eigenvalue weighted by molar-refractivity contribution is 5.58. The van der Waals surface area contributed by atoms with E-state index in [0.717, 1.165) is 37.4 Å². The van der Waals surface area contributed by atoms with Gasteiger partial charge in [-0.2, -0.15) is 0 Å². The molecule has 24 heavy (non-hydrogen) atoms. The Morgan fingerprint density at radius 3 is 2.79 bits per heavy atom. The molecular weight excluding hydrogens is 314 g/mol. The highest BCUT2D eigenvalue weighted by atomic mass is 19.1. The molecule has 1 fully saturated rings. The van der Waals surface area contributed by atoms with Crippen molar-refractivity contribution in [2.75, 3.05) is 18.5 Å². The van der Waals surface area contributed by atoms with Gasteiger partial charge in [0.2, 0.25) is 0 Å². The van der Waals surface area contributed by atoms with E-state index in [1.807, 2.05) is 25.1 Å². The smallest absolute Gasteiger partial charge is 0.149 e. The number of pyridine rings is 1. The lowest BCUT2D eigenvalue weighted by Gasteiger charge is -2.16. The van der Waals surface area contributed by atoms with Gasteiger partial charge in [-0.15, -0.1) is 0 Å². The zero-order chi connectivity index (χ0) is 16.9. The Kier molecular flexibility index (Phi) is 5.25. The van der Waals surface area contributed by atoms with Crippen LogP contribution in [0.3, 0.4) is 0 Å². The van der Waals surface area contributed by atoms with E-state index in [9.17, 15) is 8.78 Å². The lowest BCUT2D eigenvalue weighted by atomic mass is 10.2. The number of anilines is 1. The lowest BCUT2D eigenvalue weighted by Crippen LogP contribution is -2.17. The van der Waals surface area contributed by atoms with E-state index in [1.54, 1.807) is 0 Å². The van der Waals surface area contributed by atoms with Gasteiger partial charge in [-0.05, 0) is 37.5 Å². The number of nitrogens with zero attached hydrogens (tertiary/aromatic N) is 1. The Hall–Kier alpha value is -2.21. The summed E-state index contributed by atoms with van der Waals surface area (Å²) in [5.74, 6) is -0.687. The van der Waals surface area contributed by atoms with E-state index in [2.05, 4.69) is 10.3 Å². The number of nitrogens with one attached hydrogen (secondary N) is 1. The van der Waals surface area contributed by atoms with Crippen molar-refractivity contribution in [2.45, 2.75) is 32.4 Å². The highest BCUT2D eigenvalue weighted by Gasteiger charge is 2.17. The number of hydrogen-bond donors (Lipinski definition) is 1. The van der Waals surface area contributed by atoms with Gasteiger partial charge in [0, 0.05) is 18.7 Å². The van der Waals surface area contributed by atoms with Gasteiger partial charge >= 0.3 is 0 Å². The van der Waals surface area contributed by atoms with Crippen molar-refractivity contribution in [3.05, 3.63) is 53.4 Å². The first-order valence-electron chi connectivity index (χ1n) is 8.00. The van der Waals surface area contributed by atoms with E-state index < -0.39 is 11.6 Å². The van der Waals surface area contributed by atoms with Crippen LogP contribution in [-0.4, -0.2) is 24.3 Å². The molecule has 1 atom stereocenters. The summed E-state index contributed by atoms with van der Waals surface area (Å²) >= 11 is 0. The largest absolute Gasteiger partial charge is 0.489 e. The molecule has 3 rings (SSSR count). The van der Waals surface area contributed by atoms with E-state index in [4.69, 9.17) is 9.47 Å². The maximum Gasteiger partial charge on any atom is 0.149 e. The first-order valence-corrected chi connectivity index (χ1v) is 8.00. The number of aryl methyl sites for hydroxylation is 1. The third kappa shape index (κ3) is 4.00. The molecule has 128 valence electrons. The summed E-state index contributed by atoms with van der Waals surface area (Å²) in [5.41, 5.74) is 1.69. The third-order valence-corrected chi connectivity index (χ3v) is 3.99. The Balaban J connectivity index is 1.70. The summed E-state index contributed by atoms with van der Waals surface area (Å²) in [7, 11) is 0. The number of halogens is 2. The second kappa shape index (κ2) is 7.57. The molecule has 0 bridgehead atoms. The predicted octanol–water partition coefficient (Wildman–Crippen LogP) is 3.84. The molecule has 1 aliphatic rings. The molecule has 0 radical (unpaired) electrons. The predicted molar refractivity (Wildman–Crippen MR) is 87.1 cm³/mol. The lowest BCUT2D eigenvalue weighted by molar-refractivity contribution is 0.0682. The monoisotopic (exact) mass is 334 g/mol. The van der Waals surface area contributed by atoms with Crippen LogP contribution in [0.1, 0.15) is 24.0 Å². The first-order chi connectivity index (χ1) is 11.6. The van der Waals surface area contributed by atoms with Crippen LogP contribution in [0.4, 0.5) is 14.5 Å². The Morgan fingerprint density at radius 1 is 1.29 bits per heavy atom. The SMILES string of the molecule is Cc1ccc(NCc2c(F)cncc2F)c(OCC2CCCO2)c1. The number of hydrogen-bond acceptors (Lipinski definition) is 4. The fraction of sp³-hybridized carbons (Fsp3) is 0.389. The Morgan fingerprint density at radius 2 is 2.08 bits per heavy atom. The van der Waals surface area contributed by atoms with Crippen LogP contribution in [-0.2, 0) is 11.3 Å². The molecule has 0 aliphatic carbocycles. The summed E-state index contributed by atoms with van der Waals surface area (Å²) < 4.78 is 38.8. The molecule has 0 saturated carbocycles. The van der Waals surface area contributed by atoms with Crippen LogP contribution in [0.5, 0.6) is 5.75 Å². The quantitative estimate of drug-likeness (QED) is 0.872. The van der Waals surface area contributed by atoms with Gasteiger partial charge in [0.1, 0.15) is 24.0 Å². The van der Waals surface area contributed by atoms with E-state index in [0.29, 0.717) is 18.0 Å². The average Bonchev–Trinajstić information content (AvgIpc) is 3.07. The number of aromatic nitrogens is 1. The number of benzene rings is 1. The van der Waals surface area contributed by atoms with Gasteiger partial charge in [-0.1, -0.05) is 6.07 Å². The molecule has 1 unspecified atom stereocenters. The van der Waals surface area contributed by atoms with Crippen molar-refractivity contribution >= 4 is 5.69 Å². The minimum absolute atomic E-state index is 0.0134. The Bertz CT molecular complexity index is 683. The molecule has 0 amide bonds. The molecule has 2 aromatic rings. The maximum atomic E-state index is 13.7. The van der Waals surface area contributed by atoms with Crippen LogP contribution < -0.4 is 10.1 Å². The van der Waals surface area contributed by atoms with Crippen LogP contribution in [0.15, 0.2) is 30.6 Å². The van der Waals surface area contributed by atoms with E-state index in [-0.39, 0.29) is 18.2 Å². The second-order valence-electron chi connectivity index (χ2n) is 5.88. The zero-order valence-electron chi connectivity index (χ0n) is 13.5.